The van der Waals surface area contributed by atoms with Crippen LogP contribution in [0.3, 0.4) is 0 Å². The molecule has 0 fully saturated rings. The van der Waals surface area contributed by atoms with Gasteiger partial charge in [0.15, 0.2) is 5.13 Å². The van der Waals surface area contributed by atoms with Crippen molar-refractivity contribution in [1.29, 1.82) is 0 Å². The zero-order chi connectivity index (χ0) is 19.9. The third-order valence-electron chi connectivity index (χ3n) is 5.49. The maximum atomic E-state index is 13.1. The van der Waals surface area contributed by atoms with E-state index in [0.29, 0.717) is 16.5 Å². The highest BCUT2D eigenvalue weighted by Gasteiger charge is 2.31. The van der Waals surface area contributed by atoms with Crippen molar-refractivity contribution in [2.24, 2.45) is 11.3 Å². The minimum atomic E-state index is -0.275. The third-order valence-corrected chi connectivity index (χ3v) is 7.30. The van der Waals surface area contributed by atoms with Crippen LogP contribution in [0.5, 0.6) is 0 Å². The first-order valence-electron chi connectivity index (χ1n) is 9.43. The van der Waals surface area contributed by atoms with Gasteiger partial charge in [0.05, 0.1) is 11.3 Å². The summed E-state index contributed by atoms with van der Waals surface area (Å²) in [6.07, 6.45) is 3.14. The van der Waals surface area contributed by atoms with Gasteiger partial charge in [-0.2, -0.15) is 0 Å². The first-order chi connectivity index (χ1) is 13.3. The number of anilines is 1. The van der Waals surface area contributed by atoms with E-state index in [1.165, 1.54) is 33.9 Å². The van der Waals surface area contributed by atoms with Gasteiger partial charge in [-0.3, -0.25) is 10.1 Å². The Labute approximate surface area is 172 Å². The molecule has 1 aliphatic carbocycles. The summed E-state index contributed by atoms with van der Waals surface area (Å²) < 4.78 is 13.1. The largest absolute Gasteiger partial charge is 0.298 e. The van der Waals surface area contributed by atoms with E-state index < -0.39 is 0 Å². The van der Waals surface area contributed by atoms with Crippen LogP contribution in [0.15, 0.2) is 35.0 Å². The number of fused-ring (bicyclic) bond motifs is 1. The number of amides is 1. The lowest BCUT2D eigenvalue weighted by atomic mass is 9.72. The maximum absolute atomic E-state index is 13.1. The number of thiophene rings is 1. The molecule has 6 heteroatoms. The highest BCUT2D eigenvalue weighted by molar-refractivity contribution is 7.14. The van der Waals surface area contributed by atoms with Gasteiger partial charge in [-0.25, -0.2) is 9.37 Å². The normalized spacial score (nSPS) is 16.6. The van der Waals surface area contributed by atoms with Gasteiger partial charge >= 0.3 is 0 Å². The van der Waals surface area contributed by atoms with Crippen LogP contribution in [0.4, 0.5) is 9.52 Å². The fourth-order valence-electron chi connectivity index (χ4n) is 3.69. The molecule has 0 saturated heterocycles. The maximum Gasteiger partial charge on any atom is 0.258 e. The molecule has 1 atom stereocenters. The van der Waals surface area contributed by atoms with Crippen molar-refractivity contribution >= 4 is 33.7 Å². The Morgan fingerprint density at radius 3 is 2.64 bits per heavy atom. The highest BCUT2D eigenvalue weighted by Crippen LogP contribution is 2.40. The van der Waals surface area contributed by atoms with E-state index in [0.717, 1.165) is 36.1 Å². The van der Waals surface area contributed by atoms with Crippen molar-refractivity contribution < 1.29 is 9.18 Å². The van der Waals surface area contributed by atoms with Gasteiger partial charge in [0.2, 0.25) is 0 Å². The number of hydrogen-bond acceptors (Lipinski definition) is 4. The molecular weight excluding hydrogens is 391 g/mol. The topological polar surface area (TPSA) is 42.0 Å². The van der Waals surface area contributed by atoms with Crippen molar-refractivity contribution in [3.05, 3.63) is 56.8 Å². The summed E-state index contributed by atoms with van der Waals surface area (Å²) in [5, 5.41) is 7.36. The summed E-state index contributed by atoms with van der Waals surface area (Å²) in [4.78, 5) is 18.7. The standard InChI is InChI=1S/C22H23FN2OS2/c1-22(2,3)14-6-9-16-17(11-27-19(16)10-14)20(26)25-21-24-18(12-28-21)13-4-7-15(23)8-5-13/h4-5,7-8,11-12,14H,6,9-10H2,1-3H3,(H,24,25,26). The summed E-state index contributed by atoms with van der Waals surface area (Å²) in [5.41, 5.74) is 3.85. The van der Waals surface area contributed by atoms with E-state index in [2.05, 4.69) is 31.1 Å². The monoisotopic (exact) mass is 414 g/mol. The number of halogens is 1. The van der Waals surface area contributed by atoms with Gasteiger partial charge in [-0.1, -0.05) is 20.8 Å². The number of hydrogen-bond donors (Lipinski definition) is 1. The molecule has 0 bridgehead atoms. The Morgan fingerprint density at radius 1 is 1.18 bits per heavy atom. The zero-order valence-electron chi connectivity index (χ0n) is 16.2. The van der Waals surface area contributed by atoms with Crippen molar-refractivity contribution in [2.75, 3.05) is 5.32 Å². The summed E-state index contributed by atoms with van der Waals surface area (Å²) in [5.74, 6) is 0.293. The van der Waals surface area contributed by atoms with Gasteiger partial charge < -0.3 is 0 Å². The van der Waals surface area contributed by atoms with Crippen LogP contribution in [0.25, 0.3) is 11.3 Å². The van der Waals surface area contributed by atoms with E-state index in [9.17, 15) is 9.18 Å². The molecular formula is C22H23FN2OS2. The molecule has 146 valence electrons. The van der Waals surface area contributed by atoms with Crippen molar-refractivity contribution in [3.8, 4) is 11.3 Å². The molecule has 0 aliphatic heterocycles. The molecule has 28 heavy (non-hydrogen) atoms. The fourth-order valence-corrected chi connectivity index (χ4v) is 5.57. The molecule has 3 nitrogen and oxygen atoms in total. The van der Waals surface area contributed by atoms with Crippen molar-refractivity contribution in [3.63, 3.8) is 0 Å². The van der Waals surface area contributed by atoms with Crippen LogP contribution in [-0.4, -0.2) is 10.9 Å². The van der Waals surface area contributed by atoms with Crippen LogP contribution in [0.2, 0.25) is 0 Å². The Balaban J connectivity index is 1.48. The smallest absolute Gasteiger partial charge is 0.258 e. The second kappa shape index (κ2) is 7.41. The van der Waals surface area contributed by atoms with E-state index in [1.54, 1.807) is 23.5 Å². The molecule has 0 spiro atoms. The Bertz CT molecular complexity index is 998. The van der Waals surface area contributed by atoms with Gasteiger partial charge in [0, 0.05) is 21.2 Å². The number of nitrogens with zero attached hydrogens (tertiary/aromatic N) is 1. The van der Waals surface area contributed by atoms with Crippen LogP contribution >= 0.6 is 22.7 Å². The number of benzene rings is 1. The predicted molar refractivity (Wildman–Crippen MR) is 115 cm³/mol. The Kier molecular flexibility index (Phi) is 5.10. The average molecular weight is 415 g/mol. The number of carbonyl (C=O) groups is 1. The minimum absolute atomic E-state index is 0.0910. The molecule has 3 aromatic rings. The number of aromatic nitrogens is 1. The van der Waals surface area contributed by atoms with Gasteiger partial charge in [-0.05, 0) is 60.4 Å². The van der Waals surface area contributed by atoms with E-state index in [4.69, 9.17) is 0 Å². The zero-order valence-corrected chi connectivity index (χ0v) is 17.8. The Hall–Kier alpha value is -2.05. The number of nitrogens with one attached hydrogen (secondary N) is 1. The molecule has 4 rings (SSSR count). The molecule has 1 amide bonds. The lowest BCUT2D eigenvalue weighted by molar-refractivity contribution is 0.102. The predicted octanol–water partition coefficient (Wildman–Crippen LogP) is 6.41. The molecule has 1 aromatic carbocycles. The van der Waals surface area contributed by atoms with Gasteiger partial charge in [-0.15, -0.1) is 22.7 Å². The molecule has 1 N–H and O–H groups in total. The molecule has 2 aromatic heterocycles. The van der Waals surface area contributed by atoms with Crippen LogP contribution in [0.1, 0.15) is 48.0 Å². The number of thiazole rings is 1. The van der Waals surface area contributed by atoms with Crippen LogP contribution in [0, 0.1) is 17.2 Å². The van der Waals surface area contributed by atoms with Crippen LogP contribution < -0.4 is 5.32 Å². The summed E-state index contributed by atoms with van der Waals surface area (Å²) in [6, 6.07) is 6.21. The van der Waals surface area contributed by atoms with Crippen LogP contribution in [-0.2, 0) is 12.8 Å². The van der Waals surface area contributed by atoms with E-state index in [-0.39, 0.29) is 11.7 Å². The van der Waals surface area contributed by atoms with Crippen molar-refractivity contribution in [2.45, 2.75) is 40.0 Å². The average Bonchev–Trinajstić information content (AvgIpc) is 3.28. The summed E-state index contributed by atoms with van der Waals surface area (Å²) in [7, 11) is 0. The minimum Gasteiger partial charge on any atom is -0.298 e. The van der Waals surface area contributed by atoms with E-state index in [1.807, 2.05) is 10.8 Å². The molecule has 0 saturated carbocycles. The fraction of sp³-hybridized carbons (Fsp3) is 0.364. The highest BCUT2D eigenvalue weighted by atomic mass is 32.1. The molecule has 2 heterocycles. The number of rotatable bonds is 3. The summed E-state index contributed by atoms with van der Waals surface area (Å²) in [6.45, 7) is 6.89. The third kappa shape index (κ3) is 3.89. The summed E-state index contributed by atoms with van der Waals surface area (Å²) >= 11 is 3.08. The number of carbonyl (C=O) groups excluding carboxylic acids is 1. The van der Waals surface area contributed by atoms with Gasteiger partial charge in [0.25, 0.3) is 5.91 Å². The first kappa shape index (κ1) is 19.3. The molecule has 1 aliphatic rings. The Morgan fingerprint density at radius 2 is 1.93 bits per heavy atom. The molecule has 1 unspecified atom stereocenters. The SMILES string of the molecule is CC(C)(C)C1CCc2c(C(=O)Nc3nc(-c4ccc(F)cc4)cs3)csc2C1. The lowest BCUT2D eigenvalue weighted by Gasteiger charge is -2.34. The second-order valence-corrected chi connectivity index (χ2v) is 10.2. The van der Waals surface area contributed by atoms with Gasteiger partial charge in [0.1, 0.15) is 5.82 Å². The van der Waals surface area contributed by atoms with E-state index >= 15 is 0 Å². The molecule has 0 radical (unpaired) electrons. The lowest BCUT2D eigenvalue weighted by Crippen LogP contribution is -2.27. The quantitative estimate of drug-likeness (QED) is 0.538. The van der Waals surface area contributed by atoms with Crippen molar-refractivity contribution in [1.82, 2.24) is 4.98 Å². The second-order valence-electron chi connectivity index (χ2n) is 8.36. The first-order valence-corrected chi connectivity index (χ1v) is 11.2.